The van der Waals surface area contributed by atoms with Gasteiger partial charge in [-0.05, 0) is 46.5 Å². The fourth-order valence-electron chi connectivity index (χ4n) is 2.99. The molecule has 2 heterocycles. The van der Waals surface area contributed by atoms with Crippen molar-refractivity contribution >= 4 is 43.3 Å². The van der Waals surface area contributed by atoms with Crippen molar-refractivity contribution < 1.29 is 17.9 Å². The Bertz CT molecular complexity index is 959. The molecule has 1 fully saturated rings. The van der Waals surface area contributed by atoms with Gasteiger partial charge in [0.2, 0.25) is 0 Å². The quantitative estimate of drug-likeness (QED) is 0.450. The van der Waals surface area contributed by atoms with Crippen LogP contribution in [0.2, 0.25) is 0 Å². The van der Waals surface area contributed by atoms with Crippen molar-refractivity contribution in [1.82, 2.24) is 14.8 Å². The molecule has 1 aromatic carbocycles. The fraction of sp³-hybridized carbons (Fsp3) is 0.471. The zero-order chi connectivity index (χ0) is 19.6. The largest absolute Gasteiger partial charge is 0.496 e. The highest BCUT2D eigenvalue weighted by molar-refractivity contribution is 9.10. The summed E-state index contributed by atoms with van der Waals surface area (Å²) in [5.74, 6) is 2.20. The summed E-state index contributed by atoms with van der Waals surface area (Å²) in [6.45, 7) is 0. The molecule has 2 aromatic rings. The van der Waals surface area contributed by atoms with Gasteiger partial charge in [0.1, 0.15) is 11.6 Å². The summed E-state index contributed by atoms with van der Waals surface area (Å²) in [4.78, 5) is 12.4. The standard InChI is InChI=1S/C17H20BrN3O4S2/c1-21-16(7-11-5-6-27(23,24)10-11)19-20-17(21)26-9-14(22)12-3-4-15(25-2)13(18)8-12/h3-4,8,11H,5-7,9-10H2,1-2H3. The molecular weight excluding hydrogens is 454 g/mol. The second kappa shape index (κ2) is 8.32. The minimum Gasteiger partial charge on any atom is -0.496 e. The second-order valence-corrected chi connectivity index (χ2v) is 10.5. The Kier molecular flexibility index (Phi) is 6.27. The molecule has 1 unspecified atom stereocenters. The Balaban J connectivity index is 1.61. The van der Waals surface area contributed by atoms with Crippen LogP contribution >= 0.6 is 27.7 Å². The molecule has 1 saturated heterocycles. The number of carbonyl (C=O) groups is 1. The number of sulfone groups is 1. The Morgan fingerprint density at radius 1 is 1.41 bits per heavy atom. The number of methoxy groups -OCH3 is 1. The van der Waals surface area contributed by atoms with Crippen LogP contribution in [-0.2, 0) is 23.3 Å². The average Bonchev–Trinajstić information content (AvgIpc) is 3.15. The summed E-state index contributed by atoms with van der Waals surface area (Å²) in [6.07, 6.45) is 1.26. The predicted octanol–water partition coefficient (Wildman–Crippen LogP) is 2.54. The van der Waals surface area contributed by atoms with Crippen LogP contribution in [0.25, 0.3) is 0 Å². The van der Waals surface area contributed by atoms with Gasteiger partial charge in [0.25, 0.3) is 0 Å². The highest BCUT2D eigenvalue weighted by Crippen LogP contribution is 2.27. The smallest absolute Gasteiger partial charge is 0.191 e. The number of aromatic nitrogens is 3. The van der Waals surface area contributed by atoms with Crippen molar-refractivity contribution in [2.45, 2.75) is 18.0 Å². The Morgan fingerprint density at radius 2 is 2.19 bits per heavy atom. The Morgan fingerprint density at radius 3 is 2.81 bits per heavy atom. The van der Waals surface area contributed by atoms with E-state index in [1.165, 1.54) is 11.8 Å². The molecule has 1 aliphatic heterocycles. The van der Waals surface area contributed by atoms with E-state index in [9.17, 15) is 13.2 Å². The summed E-state index contributed by atoms with van der Waals surface area (Å²) in [5, 5.41) is 8.97. The van der Waals surface area contributed by atoms with Crippen molar-refractivity contribution in [3.05, 3.63) is 34.1 Å². The molecule has 1 aromatic heterocycles. The van der Waals surface area contributed by atoms with Gasteiger partial charge in [-0.3, -0.25) is 4.79 Å². The first-order valence-corrected chi connectivity index (χ1v) is 12.0. The lowest BCUT2D eigenvalue weighted by molar-refractivity contribution is 0.102. The molecule has 1 aliphatic rings. The fourth-order valence-corrected chi connectivity index (χ4v) is 6.22. The Hall–Kier alpha value is -1.39. The first kappa shape index (κ1) is 20.3. The average molecular weight is 474 g/mol. The summed E-state index contributed by atoms with van der Waals surface area (Å²) in [6, 6.07) is 5.22. The lowest BCUT2D eigenvalue weighted by Gasteiger charge is -2.08. The lowest BCUT2D eigenvalue weighted by Crippen LogP contribution is -2.11. The van der Waals surface area contributed by atoms with Crippen LogP contribution in [0.5, 0.6) is 5.75 Å². The van der Waals surface area contributed by atoms with E-state index < -0.39 is 9.84 Å². The number of ether oxygens (including phenoxy) is 1. The summed E-state index contributed by atoms with van der Waals surface area (Å²) < 4.78 is 30.9. The molecule has 0 bridgehead atoms. The van der Waals surface area contributed by atoms with Crippen LogP contribution in [0.15, 0.2) is 27.8 Å². The van der Waals surface area contributed by atoms with Gasteiger partial charge >= 0.3 is 0 Å². The molecular formula is C17H20BrN3O4S2. The maximum atomic E-state index is 12.4. The van der Waals surface area contributed by atoms with E-state index in [4.69, 9.17) is 4.74 Å². The maximum absolute atomic E-state index is 12.4. The van der Waals surface area contributed by atoms with Gasteiger partial charge in [0.15, 0.2) is 20.8 Å². The van der Waals surface area contributed by atoms with Gasteiger partial charge in [0, 0.05) is 19.0 Å². The molecule has 3 rings (SSSR count). The molecule has 1 atom stereocenters. The predicted molar refractivity (Wildman–Crippen MR) is 107 cm³/mol. The van der Waals surface area contributed by atoms with Crippen LogP contribution in [0.1, 0.15) is 22.6 Å². The number of ketones is 1. The van der Waals surface area contributed by atoms with Crippen molar-refractivity contribution in [3.63, 3.8) is 0 Å². The van der Waals surface area contributed by atoms with Gasteiger partial charge in [0.05, 0.1) is 28.8 Å². The van der Waals surface area contributed by atoms with Gasteiger partial charge in [-0.15, -0.1) is 10.2 Å². The van der Waals surface area contributed by atoms with Gasteiger partial charge in [-0.25, -0.2) is 8.42 Å². The first-order chi connectivity index (χ1) is 12.8. The van der Waals surface area contributed by atoms with E-state index >= 15 is 0 Å². The number of hydrogen-bond acceptors (Lipinski definition) is 7. The number of thioether (sulfide) groups is 1. The van der Waals surface area contributed by atoms with Crippen LogP contribution in [0.3, 0.4) is 0 Å². The molecule has 0 aliphatic carbocycles. The van der Waals surface area contributed by atoms with Gasteiger partial charge in [-0.2, -0.15) is 0 Å². The summed E-state index contributed by atoms with van der Waals surface area (Å²) in [5.41, 5.74) is 0.591. The third kappa shape index (κ3) is 4.91. The van der Waals surface area contributed by atoms with E-state index in [1.807, 2.05) is 11.6 Å². The third-order valence-corrected chi connectivity index (χ3v) is 8.01. The van der Waals surface area contributed by atoms with Crippen LogP contribution in [0, 0.1) is 5.92 Å². The molecule has 0 amide bonds. The molecule has 0 spiro atoms. The topological polar surface area (TPSA) is 91.2 Å². The number of halogens is 1. The van der Waals surface area contributed by atoms with Crippen molar-refractivity contribution in [1.29, 1.82) is 0 Å². The molecule has 0 radical (unpaired) electrons. The number of Topliss-reactive ketones (excluding diaryl/α,β-unsaturated/α-hetero) is 1. The van der Waals surface area contributed by atoms with E-state index in [0.29, 0.717) is 29.3 Å². The van der Waals surface area contributed by atoms with E-state index in [2.05, 4.69) is 26.1 Å². The Labute approximate surface area is 170 Å². The number of hydrogen-bond donors (Lipinski definition) is 0. The lowest BCUT2D eigenvalue weighted by atomic mass is 10.1. The monoisotopic (exact) mass is 473 g/mol. The first-order valence-electron chi connectivity index (χ1n) is 8.37. The SMILES string of the molecule is COc1ccc(C(=O)CSc2nnc(CC3CCS(=O)(=O)C3)n2C)cc1Br. The number of rotatable bonds is 7. The van der Waals surface area contributed by atoms with Crippen molar-refractivity contribution in [2.24, 2.45) is 13.0 Å². The molecule has 7 nitrogen and oxygen atoms in total. The minimum absolute atomic E-state index is 0.0187. The highest BCUT2D eigenvalue weighted by Gasteiger charge is 2.29. The molecule has 0 saturated carbocycles. The molecule has 27 heavy (non-hydrogen) atoms. The second-order valence-electron chi connectivity index (χ2n) is 6.49. The highest BCUT2D eigenvalue weighted by atomic mass is 79.9. The van der Waals surface area contributed by atoms with Crippen molar-refractivity contribution in [3.8, 4) is 5.75 Å². The summed E-state index contributed by atoms with van der Waals surface area (Å²) >= 11 is 4.70. The van der Waals surface area contributed by atoms with E-state index in [-0.39, 0.29) is 29.0 Å². The number of carbonyl (C=O) groups excluding carboxylic acids is 1. The van der Waals surface area contributed by atoms with Gasteiger partial charge in [-0.1, -0.05) is 11.8 Å². The molecule has 0 N–H and O–H groups in total. The molecule has 146 valence electrons. The van der Waals surface area contributed by atoms with Crippen molar-refractivity contribution in [2.75, 3.05) is 24.4 Å². The van der Waals surface area contributed by atoms with Crippen LogP contribution < -0.4 is 4.74 Å². The third-order valence-electron chi connectivity index (χ3n) is 4.53. The normalized spacial score (nSPS) is 18.6. The molecule has 10 heteroatoms. The number of nitrogens with zero attached hydrogens (tertiary/aromatic N) is 3. The summed E-state index contributed by atoms with van der Waals surface area (Å²) in [7, 11) is 0.514. The van der Waals surface area contributed by atoms with E-state index in [0.717, 1.165) is 10.3 Å². The van der Waals surface area contributed by atoms with Crippen LogP contribution in [-0.4, -0.2) is 53.3 Å². The van der Waals surface area contributed by atoms with E-state index in [1.54, 1.807) is 25.3 Å². The minimum atomic E-state index is -2.90. The zero-order valence-electron chi connectivity index (χ0n) is 15.0. The maximum Gasteiger partial charge on any atom is 0.191 e. The van der Waals surface area contributed by atoms with Gasteiger partial charge < -0.3 is 9.30 Å². The van der Waals surface area contributed by atoms with Crippen LogP contribution in [0.4, 0.5) is 0 Å². The zero-order valence-corrected chi connectivity index (χ0v) is 18.2. The number of benzene rings is 1.